The molecule has 4 heteroatoms. The van der Waals surface area contributed by atoms with Crippen molar-refractivity contribution in [1.82, 2.24) is 15.1 Å². The van der Waals surface area contributed by atoms with Crippen molar-refractivity contribution in [1.29, 1.82) is 0 Å². The largest absolute Gasteiger partial charge is 0.316 e. The molecule has 0 radical (unpaired) electrons. The van der Waals surface area contributed by atoms with Crippen LogP contribution in [0.5, 0.6) is 0 Å². The summed E-state index contributed by atoms with van der Waals surface area (Å²) >= 11 is 6.14. The van der Waals surface area contributed by atoms with E-state index in [1.54, 1.807) is 0 Å². The summed E-state index contributed by atoms with van der Waals surface area (Å²) in [7, 11) is 0. The molecule has 0 saturated heterocycles. The second kappa shape index (κ2) is 7.92. The predicted octanol–water partition coefficient (Wildman–Crippen LogP) is 5.18. The third-order valence-corrected chi connectivity index (χ3v) is 5.97. The highest BCUT2D eigenvalue weighted by Gasteiger charge is 2.25. The molecule has 0 atom stereocenters. The van der Waals surface area contributed by atoms with E-state index in [2.05, 4.69) is 22.1 Å². The fourth-order valence-electron chi connectivity index (χ4n) is 4.38. The van der Waals surface area contributed by atoms with Gasteiger partial charge in [-0.05, 0) is 37.9 Å². The minimum Gasteiger partial charge on any atom is -0.316 e. The van der Waals surface area contributed by atoms with E-state index >= 15 is 0 Å². The molecule has 0 bridgehead atoms. The molecule has 134 valence electrons. The molecule has 0 unspecified atom stereocenters. The number of nitrogens with zero attached hydrogens (tertiary/aromatic N) is 2. The molecular formula is C21H28ClN3. The van der Waals surface area contributed by atoms with E-state index in [9.17, 15) is 0 Å². The SMILES string of the molecule is Clc1ccc(-c2c3c(nn2C2CCCCCCC2)CCNCC3)cc1. The highest BCUT2D eigenvalue weighted by atomic mass is 35.5. The summed E-state index contributed by atoms with van der Waals surface area (Å²) in [6.07, 6.45) is 11.4. The number of aromatic nitrogens is 2. The number of hydrogen-bond acceptors (Lipinski definition) is 2. The van der Waals surface area contributed by atoms with Gasteiger partial charge in [0.2, 0.25) is 0 Å². The molecule has 1 aliphatic carbocycles. The van der Waals surface area contributed by atoms with Crippen LogP contribution in [0.15, 0.2) is 24.3 Å². The second-order valence-corrected chi connectivity index (χ2v) is 7.91. The topological polar surface area (TPSA) is 29.9 Å². The summed E-state index contributed by atoms with van der Waals surface area (Å²) in [5.41, 5.74) is 5.37. The minimum atomic E-state index is 0.547. The van der Waals surface area contributed by atoms with E-state index in [0.29, 0.717) is 6.04 Å². The predicted molar refractivity (Wildman–Crippen MR) is 104 cm³/mol. The summed E-state index contributed by atoms with van der Waals surface area (Å²) in [5.74, 6) is 0. The molecule has 1 aromatic heterocycles. The first-order valence-corrected chi connectivity index (χ1v) is 10.3. The second-order valence-electron chi connectivity index (χ2n) is 7.47. The molecule has 3 nitrogen and oxygen atoms in total. The highest BCUT2D eigenvalue weighted by molar-refractivity contribution is 6.30. The smallest absolute Gasteiger partial charge is 0.0720 e. The number of benzene rings is 1. The van der Waals surface area contributed by atoms with Gasteiger partial charge < -0.3 is 5.32 Å². The number of nitrogens with one attached hydrogen (secondary N) is 1. The lowest BCUT2D eigenvalue weighted by Gasteiger charge is -2.23. The first-order chi connectivity index (χ1) is 12.3. The van der Waals surface area contributed by atoms with Crippen LogP contribution >= 0.6 is 11.6 Å². The van der Waals surface area contributed by atoms with Crippen molar-refractivity contribution in [2.75, 3.05) is 13.1 Å². The number of halogens is 1. The van der Waals surface area contributed by atoms with Crippen LogP contribution in [0.1, 0.15) is 62.2 Å². The summed E-state index contributed by atoms with van der Waals surface area (Å²) < 4.78 is 2.39. The Kier molecular flexibility index (Phi) is 5.42. The maximum absolute atomic E-state index is 6.14. The van der Waals surface area contributed by atoms with Crippen LogP contribution in [-0.2, 0) is 12.8 Å². The molecule has 2 aromatic rings. The van der Waals surface area contributed by atoms with Crippen molar-refractivity contribution in [2.45, 2.75) is 63.8 Å². The normalized spacial score (nSPS) is 19.7. The Morgan fingerprint density at radius 3 is 2.36 bits per heavy atom. The average molecular weight is 358 g/mol. The number of hydrogen-bond donors (Lipinski definition) is 1. The average Bonchev–Trinajstić information content (AvgIpc) is 2.78. The van der Waals surface area contributed by atoms with Crippen molar-refractivity contribution in [2.24, 2.45) is 0 Å². The molecule has 2 aliphatic rings. The van der Waals surface area contributed by atoms with Gasteiger partial charge in [0.1, 0.15) is 0 Å². The Balaban J connectivity index is 1.77. The fourth-order valence-corrected chi connectivity index (χ4v) is 4.51. The van der Waals surface area contributed by atoms with Gasteiger partial charge in [0.25, 0.3) is 0 Å². The number of fused-ring (bicyclic) bond motifs is 1. The quantitative estimate of drug-likeness (QED) is 0.802. The van der Waals surface area contributed by atoms with Gasteiger partial charge in [-0.2, -0.15) is 5.10 Å². The van der Waals surface area contributed by atoms with Crippen molar-refractivity contribution < 1.29 is 0 Å². The molecule has 1 aromatic carbocycles. The molecule has 1 saturated carbocycles. The van der Waals surface area contributed by atoms with E-state index < -0.39 is 0 Å². The fraction of sp³-hybridized carbons (Fsp3) is 0.571. The van der Waals surface area contributed by atoms with Gasteiger partial charge >= 0.3 is 0 Å². The van der Waals surface area contributed by atoms with Gasteiger partial charge in [0.15, 0.2) is 0 Å². The van der Waals surface area contributed by atoms with Crippen LogP contribution in [0.25, 0.3) is 11.3 Å². The van der Waals surface area contributed by atoms with Gasteiger partial charge in [0.05, 0.1) is 17.4 Å². The first-order valence-electron chi connectivity index (χ1n) is 9.90. The molecule has 1 aliphatic heterocycles. The van der Waals surface area contributed by atoms with Crippen molar-refractivity contribution in [3.8, 4) is 11.3 Å². The Bertz CT molecular complexity index is 697. The lowest BCUT2D eigenvalue weighted by Crippen LogP contribution is -2.18. The van der Waals surface area contributed by atoms with E-state index in [0.717, 1.165) is 31.0 Å². The van der Waals surface area contributed by atoms with E-state index in [1.165, 1.54) is 67.5 Å². The monoisotopic (exact) mass is 357 g/mol. The number of rotatable bonds is 2. The Morgan fingerprint density at radius 1 is 0.920 bits per heavy atom. The van der Waals surface area contributed by atoms with Crippen LogP contribution < -0.4 is 5.32 Å². The maximum atomic E-state index is 6.14. The van der Waals surface area contributed by atoms with Crippen molar-refractivity contribution in [3.05, 3.63) is 40.5 Å². The van der Waals surface area contributed by atoms with Gasteiger partial charge in [-0.15, -0.1) is 0 Å². The molecule has 1 fully saturated rings. The minimum absolute atomic E-state index is 0.547. The summed E-state index contributed by atoms with van der Waals surface area (Å²) in [6, 6.07) is 8.89. The zero-order valence-corrected chi connectivity index (χ0v) is 15.7. The lowest BCUT2D eigenvalue weighted by molar-refractivity contribution is 0.349. The standard InChI is InChI=1S/C21H28ClN3/c22-17-10-8-16(9-11-17)21-19-12-14-23-15-13-20(19)24-25(21)18-6-4-2-1-3-5-7-18/h8-11,18,23H,1-7,12-15H2. The zero-order chi connectivity index (χ0) is 17.1. The Labute approximate surface area is 155 Å². The first kappa shape index (κ1) is 17.1. The van der Waals surface area contributed by atoms with E-state index in [1.807, 2.05) is 12.1 Å². The molecular weight excluding hydrogens is 330 g/mol. The van der Waals surface area contributed by atoms with E-state index in [-0.39, 0.29) is 0 Å². The lowest BCUT2D eigenvalue weighted by atomic mass is 9.95. The summed E-state index contributed by atoms with van der Waals surface area (Å²) in [5, 5.41) is 9.46. The van der Waals surface area contributed by atoms with Crippen LogP contribution in [0, 0.1) is 0 Å². The molecule has 1 N–H and O–H groups in total. The van der Waals surface area contributed by atoms with Gasteiger partial charge in [-0.3, -0.25) is 4.68 Å². The van der Waals surface area contributed by atoms with E-state index in [4.69, 9.17) is 16.7 Å². The molecule has 0 spiro atoms. The van der Waals surface area contributed by atoms with Crippen LogP contribution in [0.4, 0.5) is 0 Å². The Morgan fingerprint density at radius 2 is 1.60 bits per heavy atom. The third-order valence-electron chi connectivity index (χ3n) is 5.72. The maximum Gasteiger partial charge on any atom is 0.0720 e. The van der Waals surface area contributed by atoms with Gasteiger partial charge in [0, 0.05) is 29.1 Å². The molecule has 0 amide bonds. The zero-order valence-electron chi connectivity index (χ0n) is 14.9. The van der Waals surface area contributed by atoms with Crippen LogP contribution in [0.2, 0.25) is 5.02 Å². The Hall–Kier alpha value is -1.32. The molecule has 4 rings (SSSR count). The van der Waals surface area contributed by atoms with Gasteiger partial charge in [-0.25, -0.2) is 0 Å². The summed E-state index contributed by atoms with van der Waals surface area (Å²) in [4.78, 5) is 0. The third kappa shape index (κ3) is 3.78. The van der Waals surface area contributed by atoms with Crippen LogP contribution in [0.3, 0.4) is 0 Å². The van der Waals surface area contributed by atoms with Crippen molar-refractivity contribution in [3.63, 3.8) is 0 Å². The molecule has 2 heterocycles. The highest BCUT2D eigenvalue weighted by Crippen LogP contribution is 2.35. The van der Waals surface area contributed by atoms with Crippen molar-refractivity contribution >= 4 is 11.6 Å². The van der Waals surface area contributed by atoms with Crippen LogP contribution in [-0.4, -0.2) is 22.9 Å². The summed E-state index contributed by atoms with van der Waals surface area (Å²) in [6.45, 7) is 2.08. The molecule has 25 heavy (non-hydrogen) atoms. The van der Waals surface area contributed by atoms with Gasteiger partial charge in [-0.1, -0.05) is 55.8 Å².